The molecule has 9 heteroatoms. The summed E-state index contributed by atoms with van der Waals surface area (Å²) in [7, 11) is 0. The van der Waals surface area contributed by atoms with Gasteiger partial charge < -0.3 is 10.2 Å². The van der Waals surface area contributed by atoms with E-state index >= 15 is 0 Å². The number of aryl methyl sites for hydroxylation is 1. The highest BCUT2D eigenvalue weighted by molar-refractivity contribution is 5.82. The first-order valence-electron chi connectivity index (χ1n) is 10.5. The van der Waals surface area contributed by atoms with Crippen molar-refractivity contribution in [1.29, 1.82) is 0 Å². The number of nitrogens with one attached hydrogen (secondary N) is 1. The van der Waals surface area contributed by atoms with Gasteiger partial charge in [0.15, 0.2) is 0 Å². The summed E-state index contributed by atoms with van der Waals surface area (Å²) in [5.74, 6) is 0.158. The quantitative estimate of drug-likeness (QED) is 0.665. The Morgan fingerprint density at radius 2 is 1.93 bits per heavy atom. The average Bonchev–Trinajstić information content (AvgIpc) is 3.18. The molecule has 1 saturated heterocycles. The van der Waals surface area contributed by atoms with E-state index in [1.54, 1.807) is 24.0 Å². The molecule has 1 aliphatic heterocycles. The maximum Gasteiger partial charge on any atom is 0.247 e. The van der Waals surface area contributed by atoms with Crippen molar-refractivity contribution in [2.75, 3.05) is 19.6 Å². The third-order valence-corrected chi connectivity index (χ3v) is 5.59. The number of piperidine rings is 1. The number of nitrogens with zero attached hydrogens (tertiary/aromatic N) is 5. The third kappa shape index (κ3) is 5.40. The van der Waals surface area contributed by atoms with Crippen molar-refractivity contribution >= 4 is 11.8 Å². The van der Waals surface area contributed by atoms with E-state index in [0.29, 0.717) is 44.7 Å². The van der Waals surface area contributed by atoms with Gasteiger partial charge in [0.25, 0.3) is 0 Å². The molecule has 30 heavy (non-hydrogen) atoms. The van der Waals surface area contributed by atoms with E-state index < -0.39 is 6.04 Å². The minimum atomic E-state index is -0.611. The molecule has 0 saturated carbocycles. The van der Waals surface area contributed by atoms with Crippen molar-refractivity contribution in [3.05, 3.63) is 41.5 Å². The van der Waals surface area contributed by atoms with Crippen molar-refractivity contribution in [2.45, 2.75) is 52.0 Å². The molecular formula is C21H29FN6O2. The Bertz CT molecular complexity index is 845. The molecule has 0 bridgehead atoms. The van der Waals surface area contributed by atoms with E-state index in [9.17, 15) is 14.0 Å². The topological polar surface area (TPSA) is 93.0 Å². The molecule has 3 rings (SSSR count). The number of unbranched alkanes of at least 4 members (excludes halogenated alkanes) is 1. The van der Waals surface area contributed by atoms with Crippen LogP contribution >= 0.6 is 0 Å². The standard InChI is InChI=1S/C21H29FN6O2/c1-3-4-11-23-20(29)17-9-12-27(13-10-17)21(30)19(28-15(2)24-25-26-28)14-16-5-7-18(22)8-6-16/h5-8,17,19H,3-4,9-14H2,1-2H3,(H,23,29)/t19-/m0/s1. The number of halogens is 1. The summed E-state index contributed by atoms with van der Waals surface area (Å²) < 4.78 is 14.8. The molecule has 0 aliphatic carbocycles. The van der Waals surface area contributed by atoms with Gasteiger partial charge in [-0.15, -0.1) is 5.10 Å². The second kappa shape index (κ2) is 10.3. The molecule has 0 spiro atoms. The number of amides is 2. The number of likely N-dealkylation sites (tertiary alicyclic amines) is 1. The number of aromatic nitrogens is 4. The third-order valence-electron chi connectivity index (χ3n) is 5.59. The van der Waals surface area contributed by atoms with Crippen molar-refractivity contribution in [3.8, 4) is 0 Å². The Morgan fingerprint density at radius 3 is 2.53 bits per heavy atom. The molecule has 2 amide bonds. The van der Waals surface area contributed by atoms with Crippen molar-refractivity contribution < 1.29 is 14.0 Å². The lowest BCUT2D eigenvalue weighted by Gasteiger charge is -2.33. The average molecular weight is 417 g/mol. The summed E-state index contributed by atoms with van der Waals surface area (Å²) in [6.07, 6.45) is 3.66. The molecule has 1 N–H and O–H groups in total. The summed E-state index contributed by atoms with van der Waals surface area (Å²) in [5.41, 5.74) is 0.829. The van der Waals surface area contributed by atoms with Crippen molar-refractivity contribution in [3.63, 3.8) is 0 Å². The van der Waals surface area contributed by atoms with Gasteiger partial charge in [0, 0.05) is 32.0 Å². The zero-order valence-corrected chi connectivity index (χ0v) is 17.6. The van der Waals surface area contributed by atoms with Gasteiger partial charge in [-0.3, -0.25) is 9.59 Å². The Hall–Kier alpha value is -2.84. The van der Waals surface area contributed by atoms with E-state index in [0.717, 1.165) is 18.4 Å². The predicted molar refractivity (Wildman–Crippen MR) is 109 cm³/mol. The molecule has 2 aromatic rings. The summed E-state index contributed by atoms with van der Waals surface area (Å²) in [6, 6.07) is 5.49. The summed E-state index contributed by atoms with van der Waals surface area (Å²) in [6.45, 7) is 5.58. The highest BCUT2D eigenvalue weighted by atomic mass is 19.1. The first-order valence-corrected chi connectivity index (χ1v) is 10.5. The molecule has 162 valence electrons. The first kappa shape index (κ1) is 21.9. The van der Waals surface area contributed by atoms with E-state index in [2.05, 4.69) is 27.8 Å². The molecule has 1 fully saturated rings. The Kier molecular flexibility index (Phi) is 7.48. The normalized spacial score (nSPS) is 15.8. The maximum absolute atomic E-state index is 13.3. The number of hydrogen-bond donors (Lipinski definition) is 1. The van der Waals surface area contributed by atoms with E-state index in [-0.39, 0.29) is 23.5 Å². The van der Waals surface area contributed by atoms with Crippen LogP contribution in [0.4, 0.5) is 4.39 Å². The second-order valence-electron chi connectivity index (χ2n) is 7.76. The van der Waals surface area contributed by atoms with Crippen molar-refractivity contribution in [1.82, 2.24) is 30.4 Å². The van der Waals surface area contributed by atoms with Gasteiger partial charge in [-0.1, -0.05) is 25.5 Å². The van der Waals surface area contributed by atoms with Gasteiger partial charge >= 0.3 is 0 Å². The first-order chi connectivity index (χ1) is 14.5. The van der Waals surface area contributed by atoms with E-state index in [4.69, 9.17) is 0 Å². The minimum Gasteiger partial charge on any atom is -0.356 e. The zero-order valence-electron chi connectivity index (χ0n) is 17.6. The lowest BCUT2D eigenvalue weighted by molar-refractivity contribution is -0.138. The molecule has 1 aromatic heterocycles. The maximum atomic E-state index is 13.3. The number of rotatable bonds is 8. The van der Waals surface area contributed by atoms with Gasteiger partial charge in [0.05, 0.1) is 0 Å². The van der Waals surface area contributed by atoms with Crippen LogP contribution in [0.2, 0.25) is 0 Å². The van der Waals surface area contributed by atoms with Gasteiger partial charge in [0.1, 0.15) is 17.7 Å². The van der Waals surface area contributed by atoms with Crippen LogP contribution in [0.25, 0.3) is 0 Å². The Labute approximate surface area is 175 Å². The summed E-state index contributed by atoms with van der Waals surface area (Å²) in [5, 5.41) is 14.6. The smallest absolute Gasteiger partial charge is 0.247 e. The van der Waals surface area contributed by atoms with Crippen LogP contribution in [0.3, 0.4) is 0 Å². The van der Waals surface area contributed by atoms with Gasteiger partial charge in [-0.25, -0.2) is 9.07 Å². The fraction of sp³-hybridized carbons (Fsp3) is 0.571. The van der Waals surface area contributed by atoms with Crippen LogP contribution in [0.5, 0.6) is 0 Å². The number of carbonyl (C=O) groups excluding carboxylic acids is 2. The fourth-order valence-corrected chi connectivity index (χ4v) is 3.75. The lowest BCUT2D eigenvalue weighted by atomic mass is 9.94. The Balaban J connectivity index is 1.66. The SMILES string of the molecule is CCCCNC(=O)C1CCN(C(=O)[C@H](Cc2ccc(F)cc2)n2nnnc2C)CC1. The Morgan fingerprint density at radius 1 is 1.23 bits per heavy atom. The van der Waals surface area contributed by atoms with Crippen LogP contribution < -0.4 is 5.32 Å². The van der Waals surface area contributed by atoms with Gasteiger partial charge in [0.2, 0.25) is 11.8 Å². The predicted octanol–water partition coefficient (Wildman–Crippen LogP) is 2.06. The van der Waals surface area contributed by atoms with Crippen molar-refractivity contribution in [2.24, 2.45) is 5.92 Å². The molecule has 0 radical (unpaired) electrons. The summed E-state index contributed by atoms with van der Waals surface area (Å²) >= 11 is 0. The number of hydrogen-bond acceptors (Lipinski definition) is 5. The highest BCUT2D eigenvalue weighted by Crippen LogP contribution is 2.23. The monoisotopic (exact) mass is 416 g/mol. The van der Waals surface area contributed by atoms with Crippen LogP contribution in [0.1, 0.15) is 50.0 Å². The van der Waals surface area contributed by atoms with Gasteiger partial charge in [-0.2, -0.15) is 0 Å². The lowest BCUT2D eigenvalue weighted by Crippen LogP contribution is -2.46. The van der Waals surface area contributed by atoms with Crippen LogP contribution in [0.15, 0.2) is 24.3 Å². The zero-order chi connectivity index (χ0) is 21.5. The van der Waals surface area contributed by atoms with Crippen LogP contribution in [-0.4, -0.2) is 56.6 Å². The number of tetrazole rings is 1. The molecular weight excluding hydrogens is 387 g/mol. The molecule has 8 nitrogen and oxygen atoms in total. The van der Waals surface area contributed by atoms with Crippen LogP contribution in [-0.2, 0) is 16.0 Å². The highest BCUT2D eigenvalue weighted by Gasteiger charge is 2.33. The minimum absolute atomic E-state index is 0.0590. The molecule has 2 heterocycles. The van der Waals surface area contributed by atoms with Gasteiger partial charge in [-0.05, 0) is 54.3 Å². The van der Waals surface area contributed by atoms with E-state index in [1.807, 2.05) is 0 Å². The molecule has 1 atom stereocenters. The largest absolute Gasteiger partial charge is 0.356 e. The number of carbonyl (C=O) groups is 2. The molecule has 0 unspecified atom stereocenters. The fourth-order valence-electron chi connectivity index (χ4n) is 3.75. The summed E-state index contributed by atoms with van der Waals surface area (Å²) in [4.78, 5) is 27.4. The second-order valence-corrected chi connectivity index (χ2v) is 7.76. The van der Waals surface area contributed by atoms with E-state index in [1.165, 1.54) is 16.8 Å². The van der Waals surface area contributed by atoms with Crippen LogP contribution in [0, 0.1) is 18.7 Å². The molecule has 1 aliphatic rings. The number of benzene rings is 1. The molecule has 1 aromatic carbocycles.